The van der Waals surface area contributed by atoms with Gasteiger partial charge >= 0.3 is 5.97 Å². The Balaban J connectivity index is 2.87. The van der Waals surface area contributed by atoms with Gasteiger partial charge in [0, 0.05) is 12.1 Å². The van der Waals surface area contributed by atoms with Crippen molar-refractivity contribution < 1.29 is 19.7 Å². The zero-order valence-electron chi connectivity index (χ0n) is 12.4. The third kappa shape index (κ3) is 4.21. The molecule has 3 N–H and O–H groups in total. The molecule has 1 rings (SSSR count). The Hall–Kier alpha value is -1.59. The highest BCUT2D eigenvalue weighted by atomic mass is 16.5. The first-order chi connectivity index (χ1) is 9.36. The van der Waals surface area contributed by atoms with Crippen molar-refractivity contribution in [2.75, 3.05) is 13.7 Å². The van der Waals surface area contributed by atoms with Gasteiger partial charge in [0.1, 0.15) is 11.8 Å². The van der Waals surface area contributed by atoms with Gasteiger partial charge < -0.3 is 20.3 Å². The van der Waals surface area contributed by atoms with E-state index in [2.05, 4.69) is 19.2 Å². The summed E-state index contributed by atoms with van der Waals surface area (Å²) in [7, 11) is 1.55. The van der Waals surface area contributed by atoms with Gasteiger partial charge in [-0.2, -0.15) is 0 Å². The molecule has 20 heavy (non-hydrogen) atoms. The maximum absolute atomic E-state index is 10.7. The van der Waals surface area contributed by atoms with Crippen LogP contribution in [0.15, 0.2) is 18.2 Å². The number of carboxylic acid groups (broad SMARTS) is 1. The number of hydrogen-bond donors (Lipinski definition) is 3. The zero-order valence-corrected chi connectivity index (χ0v) is 12.4. The third-order valence-corrected chi connectivity index (χ3v) is 3.27. The minimum Gasteiger partial charge on any atom is -0.496 e. The van der Waals surface area contributed by atoms with Crippen LogP contribution in [0.1, 0.15) is 43.9 Å². The van der Waals surface area contributed by atoms with Crippen molar-refractivity contribution in [2.24, 2.45) is 0 Å². The lowest BCUT2D eigenvalue weighted by molar-refractivity contribution is -0.139. The first kappa shape index (κ1) is 16.5. The molecule has 2 unspecified atom stereocenters. The van der Waals surface area contributed by atoms with Crippen LogP contribution in [0.2, 0.25) is 0 Å². The van der Waals surface area contributed by atoms with E-state index in [1.165, 1.54) is 6.92 Å². The van der Waals surface area contributed by atoms with Crippen LogP contribution in [0.25, 0.3) is 0 Å². The van der Waals surface area contributed by atoms with Gasteiger partial charge in [-0.1, -0.05) is 19.9 Å². The van der Waals surface area contributed by atoms with Gasteiger partial charge in [0.15, 0.2) is 0 Å². The molecule has 5 nitrogen and oxygen atoms in total. The van der Waals surface area contributed by atoms with Crippen LogP contribution >= 0.6 is 0 Å². The molecule has 0 spiro atoms. The molecule has 0 fully saturated rings. The van der Waals surface area contributed by atoms with Crippen molar-refractivity contribution in [3.05, 3.63) is 29.3 Å². The van der Waals surface area contributed by atoms with Crippen molar-refractivity contribution in [3.63, 3.8) is 0 Å². The highest BCUT2D eigenvalue weighted by molar-refractivity contribution is 5.72. The Bertz CT molecular complexity index is 459. The minimum atomic E-state index is -0.944. The molecule has 112 valence electrons. The van der Waals surface area contributed by atoms with Crippen molar-refractivity contribution in [2.45, 2.75) is 38.8 Å². The number of aliphatic hydroxyl groups excluding tert-OH is 1. The summed E-state index contributed by atoms with van der Waals surface area (Å²) < 4.78 is 5.25. The summed E-state index contributed by atoms with van der Waals surface area (Å²) in [4.78, 5) is 10.7. The third-order valence-electron chi connectivity index (χ3n) is 3.27. The summed E-state index contributed by atoms with van der Waals surface area (Å²) in [5, 5.41) is 21.8. The number of rotatable bonds is 7. The number of methoxy groups -OCH3 is 1. The minimum absolute atomic E-state index is 0.158. The highest BCUT2D eigenvalue weighted by Crippen LogP contribution is 2.28. The predicted octanol–water partition coefficient (Wildman–Crippen LogP) is 1.91. The maximum atomic E-state index is 10.7. The summed E-state index contributed by atoms with van der Waals surface area (Å²) in [6.45, 7) is 5.84. The molecular weight excluding hydrogens is 258 g/mol. The number of aliphatic hydroxyl groups is 1. The highest BCUT2D eigenvalue weighted by Gasteiger charge is 2.17. The Morgan fingerprint density at radius 2 is 2.00 bits per heavy atom. The predicted molar refractivity (Wildman–Crippen MR) is 77.1 cm³/mol. The van der Waals surface area contributed by atoms with E-state index in [9.17, 15) is 9.90 Å². The van der Waals surface area contributed by atoms with Crippen LogP contribution in [0.4, 0.5) is 0 Å². The number of nitrogens with one attached hydrogen (secondary N) is 1. The largest absolute Gasteiger partial charge is 0.496 e. The number of carbonyl (C=O) groups is 1. The van der Waals surface area contributed by atoms with Gasteiger partial charge in [-0.15, -0.1) is 0 Å². The molecule has 0 saturated heterocycles. The Labute approximate surface area is 119 Å². The summed E-state index contributed by atoms with van der Waals surface area (Å²) >= 11 is 0. The molecule has 0 aliphatic carbocycles. The van der Waals surface area contributed by atoms with Crippen LogP contribution in [-0.2, 0) is 4.79 Å². The van der Waals surface area contributed by atoms with Crippen LogP contribution in [0.5, 0.6) is 5.75 Å². The van der Waals surface area contributed by atoms with E-state index in [-0.39, 0.29) is 6.54 Å². The molecule has 2 atom stereocenters. The molecule has 0 radical (unpaired) electrons. The molecule has 1 aromatic rings. The standard InChI is InChI=1S/C15H23NO4/c1-9(2)11-5-6-14(20-4)12(7-11)13(17)8-16-10(3)15(18)19/h5-7,9-10,13,16-17H,8H2,1-4H3,(H,18,19). The van der Waals surface area contributed by atoms with Gasteiger partial charge in [0.25, 0.3) is 0 Å². The first-order valence-corrected chi connectivity index (χ1v) is 6.68. The summed E-state index contributed by atoms with van der Waals surface area (Å²) in [6, 6.07) is 4.99. The van der Waals surface area contributed by atoms with Crippen molar-refractivity contribution in [3.8, 4) is 5.75 Å². The van der Waals surface area contributed by atoms with Gasteiger partial charge in [0.2, 0.25) is 0 Å². The van der Waals surface area contributed by atoms with Crippen molar-refractivity contribution in [1.82, 2.24) is 5.32 Å². The quantitative estimate of drug-likeness (QED) is 0.711. The van der Waals surface area contributed by atoms with Crippen LogP contribution in [0.3, 0.4) is 0 Å². The Kier molecular flexibility index (Phi) is 5.98. The number of ether oxygens (including phenoxy) is 1. The van der Waals surface area contributed by atoms with E-state index < -0.39 is 18.1 Å². The normalized spacial score (nSPS) is 14.1. The molecule has 0 aliphatic heterocycles. The fourth-order valence-corrected chi connectivity index (χ4v) is 1.86. The van der Waals surface area contributed by atoms with E-state index in [0.717, 1.165) is 5.56 Å². The average molecular weight is 281 g/mol. The molecule has 0 bridgehead atoms. The van der Waals surface area contributed by atoms with E-state index in [1.54, 1.807) is 7.11 Å². The van der Waals surface area contributed by atoms with Gasteiger partial charge in [0.05, 0.1) is 13.2 Å². The van der Waals surface area contributed by atoms with Gasteiger partial charge in [-0.3, -0.25) is 4.79 Å². The molecule has 0 saturated carbocycles. The topological polar surface area (TPSA) is 78.8 Å². The number of aliphatic carboxylic acids is 1. The fourth-order valence-electron chi connectivity index (χ4n) is 1.86. The van der Waals surface area contributed by atoms with Crippen molar-refractivity contribution >= 4 is 5.97 Å². The number of carboxylic acids is 1. The zero-order chi connectivity index (χ0) is 15.3. The second kappa shape index (κ2) is 7.26. The lowest BCUT2D eigenvalue weighted by Gasteiger charge is -2.19. The summed E-state index contributed by atoms with van der Waals surface area (Å²) in [6.07, 6.45) is -0.814. The Morgan fingerprint density at radius 3 is 2.50 bits per heavy atom. The van der Waals surface area contributed by atoms with Crippen LogP contribution < -0.4 is 10.1 Å². The molecular formula is C15H23NO4. The lowest BCUT2D eigenvalue weighted by atomic mass is 9.97. The van der Waals surface area contributed by atoms with Crippen LogP contribution in [-0.4, -0.2) is 35.9 Å². The average Bonchev–Trinajstić information content (AvgIpc) is 2.43. The van der Waals surface area contributed by atoms with Gasteiger partial charge in [-0.05, 0) is 30.5 Å². The van der Waals surface area contributed by atoms with E-state index >= 15 is 0 Å². The van der Waals surface area contributed by atoms with Gasteiger partial charge in [-0.25, -0.2) is 0 Å². The first-order valence-electron chi connectivity index (χ1n) is 6.68. The monoisotopic (exact) mass is 281 g/mol. The number of hydrogen-bond acceptors (Lipinski definition) is 4. The van der Waals surface area contributed by atoms with E-state index in [0.29, 0.717) is 17.2 Å². The maximum Gasteiger partial charge on any atom is 0.320 e. The second-order valence-electron chi connectivity index (χ2n) is 5.14. The second-order valence-corrected chi connectivity index (χ2v) is 5.14. The number of benzene rings is 1. The van der Waals surface area contributed by atoms with E-state index in [1.807, 2.05) is 18.2 Å². The summed E-state index contributed by atoms with van der Waals surface area (Å²) in [5.74, 6) is 0.00420. The lowest BCUT2D eigenvalue weighted by Crippen LogP contribution is -2.36. The van der Waals surface area contributed by atoms with E-state index in [4.69, 9.17) is 9.84 Å². The van der Waals surface area contributed by atoms with Crippen molar-refractivity contribution in [1.29, 1.82) is 0 Å². The molecule has 1 aromatic carbocycles. The fraction of sp³-hybridized carbons (Fsp3) is 0.533. The molecule has 0 aliphatic rings. The molecule has 0 heterocycles. The molecule has 0 amide bonds. The van der Waals surface area contributed by atoms with Crippen LogP contribution in [0, 0.1) is 0 Å². The molecule has 0 aromatic heterocycles. The molecule has 5 heteroatoms. The Morgan fingerprint density at radius 1 is 1.35 bits per heavy atom. The SMILES string of the molecule is COc1ccc(C(C)C)cc1C(O)CNC(C)C(=O)O. The smallest absolute Gasteiger partial charge is 0.320 e. The summed E-state index contributed by atoms with van der Waals surface area (Å²) in [5.41, 5.74) is 1.77.